The summed E-state index contributed by atoms with van der Waals surface area (Å²) in [5, 5.41) is 11.2. The number of hydrogen-bond acceptors (Lipinski definition) is 6. The summed E-state index contributed by atoms with van der Waals surface area (Å²) in [6, 6.07) is 4.12. The van der Waals surface area contributed by atoms with Crippen LogP contribution in [0.4, 0.5) is 0 Å². The number of nitrogens with one attached hydrogen (secondary N) is 1. The Morgan fingerprint density at radius 1 is 0.963 bits per heavy atom. The van der Waals surface area contributed by atoms with E-state index in [1.54, 1.807) is 24.9 Å². The summed E-state index contributed by atoms with van der Waals surface area (Å²) in [5.41, 5.74) is 3.88. The van der Waals surface area contributed by atoms with Gasteiger partial charge in [0.15, 0.2) is 0 Å². The standard InChI is InChI=1S/C10H11IN4.C7H5IN4/c1-7(2)15-5-8(10(11)14-15)9-3-4-12-6-13-9;8-7-5(3-11-12-7)6-1-2-9-4-10-6/h3-7H,1-2H3;1-4H,(H,11,12). The van der Waals surface area contributed by atoms with E-state index in [1.807, 2.05) is 23.0 Å². The molecule has 0 spiro atoms. The Bertz CT molecular complexity index is 983. The first-order chi connectivity index (χ1) is 13.1. The van der Waals surface area contributed by atoms with Crippen LogP contribution in [-0.2, 0) is 0 Å². The Kier molecular flexibility index (Phi) is 6.82. The predicted molar refractivity (Wildman–Crippen MR) is 119 cm³/mol. The minimum atomic E-state index is 0.370. The molecule has 0 saturated heterocycles. The third-order valence-electron chi connectivity index (χ3n) is 3.52. The molecule has 0 aliphatic rings. The smallest absolute Gasteiger partial charge is 0.132 e. The number of nitrogens with zero attached hydrogens (tertiary/aromatic N) is 7. The zero-order chi connectivity index (χ0) is 19.2. The van der Waals surface area contributed by atoms with Crippen LogP contribution in [-0.4, -0.2) is 39.9 Å². The van der Waals surface area contributed by atoms with Crippen LogP contribution in [0, 0.1) is 7.40 Å². The van der Waals surface area contributed by atoms with Gasteiger partial charge in [0.2, 0.25) is 0 Å². The van der Waals surface area contributed by atoms with Crippen molar-refractivity contribution in [3.63, 3.8) is 0 Å². The van der Waals surface area contributed by atoms with Gasteiger partial charge in [0, 0.05) is 24.6 Å². The summed E-state index contributed by atoms with van der Waals surface area (Å²) < 4.78 is 3.91. The second-order valence-corrected chi connectivity index (χ2v) is 7.79. The molecule has 0 unspecified atom stereocenters. The predicted octanol–water partition coefficient (Wildman–Crippen LogP) is 4.00. The van der Waals surface area contributed by atoms with Crippen LogP contribution in [0.25, 0.3) is 22.5 Å². The topological polar surface area (TPSA) is 98.1 Å². The largest absolute Gasteiger partial charge is 0.272 e. The molecule has 8 nitrogen and oxygen atoms in total. The fourth-order valence-electron chi connectivity index (χ4n) is 2.16. The summed E-state index contributed by atoms with van der Waals surface area (Å²) >= 11 is 4.41. The van der Waals surface area contributed by atoms with Crippen LogP contribution in [0.15, 0.2) is 49.6 Å². The Morgan fingerprint density at radius 3 is 2.04 bits per heavy atom. The number of rotatable bonds is 3. The molecule has 4 aromatic rings. The van der Waals surface area contributed by atoms with Gasteiger partial charge in [0.05, 0.1) is 28.7 Å². The third kappa shape index (κ3) is 5.06. The highest BCUT2D eigenvalue weighted by molar-refractivity contribution is 14.1. The summed E-state index contributed by atoms with van der Waals surface area (Å²) in [4.78, 5) is 16.1. The first-order valence-electron chi connectivity index (χ1n) is 8.02. The van der Waals surface area contributed by atoms with Crippen LogP contribution in [0.1, 0.15) is 19.9 Å². The SMILES string of the molecule is CC(C)n1cc(-c2ccncn2)c(I)n1.Ic1[nH]ncc1-c1ccncn1. The minimum Gasteiger partial charge on any atom is -0.272 e. The molecule has 0 bridgehead atoms. The average molecular weight is 586 g/mol. The molecule has 0 atom stereocenters. The Labute approximate surface area is 183 Å². The van der Waals surface area contributed by atoms with E-state index in [0.29, 0.717) is 6.04 Å². The number of aromatic nitrogens is 8. The van der Waals surface area contributed by atoms with Crippen molar-refractivity contribution in [2.75, 3.05) is 0 Å². The van der Waals surface area contributed by atoms with Crippen molar-refractivity contribution in [1.82, 2.24) is 39.9 Å². The normalized spacial score (nSPS) is 10.6. The molecule has 27 heavy (non-hydrogen) atoms. The van der Waals surface area contributed by atoms with Gasteiger partial charge in [0.25, 0.3) is 0 Å². The van der Waals surface area contributed by atoms with Gasteiger partial charge >= 0.3 is 0 Å². The van der Waals surface area contributed by atoms with Crippen molar-refractivity contribution in [3.05, 3.63) is 57.0 Å². The van der Waals surface area contributed by atoms with Crippen molar-refractivity contribution in [2.24, 2.45) is 0 Å². The molecule has 0 saturated carbocycles. The van der Waals surface area contributed by atoms with Crippen molar-refractivity contribution in [1.29, 1.82) is 0 Å². The third-order valence-corrected chi connectivity index (χ3v) is 5.14. The maximum Gasteiger partial charge on any atom is 0.132 e. The van der Waals surface area contributed by atoms with Gasteiger partial charge in [-0.2, -0.15) is 10.2 Å². The molecule has 138 valence electrons. The molecule has 4 aromatic heterocycles. The lowest BCUT2D eigenvalue weighted by Crippen LogP contribution is -2.00. The zero-order valence-corrected chi connectivity index (χ0v) is 18.9. The van der Waals surface area contributed by atoms with E-state index in [2.05, 4.69) is 94.3 Å². The van der Waals surface area contributed by atoms with E-state index in [-0.39, 0.29) is 0 Å². The van der Waals surface area contributed by atoms with Gasteiger partial charge in [-0.15, -0.1) is 0 Å². The molecule has 4 rings (SSSR count). The van der Waals surface area contributed by atoms with Crippen molar-refractivity contribution >= 4 is 45.2 Å². The molecule has 0 aromatic carbocycles. The van der Waals surface area contributed by atoms with E-state index >= 15 is 0 Å². The molecule has 10 heteroatoms. The van der Waals surface area contributed by atoms with Gasteiger partial charge in [-0.3, -0.25) is 9.78 Å². The van der Waals surface area contributed by atoms with E-state index in [0.717, 1.165) is 29.9 Å². The molecule has 0 fully saturated rings. The summed E-state index contributed by atoms with van der Waals surface area (Å²) in [6.07, 6.45) is 10.3. The monoisotopic (exact) mass is 586 g/mol. The van der Waals surface area contributed by atoms with Crippen LogP contribution in [0.5, 0.6) is 0 Å². The van der Waals surface area contributed by atoms with E-state index in [1.165, 1.54) is 6.33 Å². The number of hydrogen-bond donors (Lipinski definition) is 1. The zero-order valence-electron chi connectivity index (χ0n) is 14.6. The fraction of sp³-hybridized carbons (Fsp3) is 0.176. The second kappa shape index (κ2) is 9.30. The minimum absolute atomic E-state index is 0.370. The van der Waals surface area contributed by atoms with Crippen LogP contribution in [0.2, 0.25) is 0 Å². The number of aromatic amines is 1. The van der Waals surface area contributed by atoms with Crippen LogP contribution >= 0.6 is 45.2 Å². The second-order valence-electron chi connectivity index (χ2n) is 5.69. The van der Waals surface area contributed by atoms with E-state index < -0.39 is 0 Å². The summed E-state index contributed by atoms with van der Waals surface area (Å²) in [6.45, 7) is 4.21. The van der Waals surface area contributed by atoms with Gasteiger partial charge < -0.3 is 0 Å². The Hall–Kier alpha value is -1.96. The maximum atomic E-state index is 4.43. The molecule has 4 heterocycles. The summed E-state index contributed by atoms with van der Waals surface area (Å²) in [5.74, 6) is 0. The molecule has 0 aliphatic carbocycles. The first-order valence-corrected chi connectivity index (χ1v) is 10.2. The highest BCUT2D eigenvalue weighted by atomic mass is 127. The highest BCUT2D eigenvalue weighted by Gasteiger charge is 2.10. The Balaban J connectivity index is 0.000000159. The maximum absolute atomic E-state index is 4.43. The van der Waals surface area contributed by atoms with Crippen molar-refractivity contribution < 1.29 is 0 Å². The van der Waals surface area contributed by atoms with Crippen molar-refractivity contribution in [2.45, 2.75) is 19.9 Å². The molecular formula is C17H16I2N8. The number of halogens is 2. The first kappa shape index (κ1) is 19.8. The summed E-state index contributed by atoms with van der Waals surface area (Å²) in [7, 11) is 0. The molecule has 0 aliphatic heterocycles. The Morgan fingerprint density at radius 2 is 1.59 bits per heavy atom. The quantitative estimate of drug-likeness (QED) is 0.365. The lowest BCUT2D eigenvalue weighted by atomic mass is 10.2. The van der Waals surface area contributed by atoms with Crippen LogP contribution < -0.4 is 0 Å². The number of H-pyrrole nitrogens is 1. The molecule has 1 N–H and O–H groups in total. The average Bonchev–Trinajstić information content (AvgIpc) is 3.29. The van der Waals surface area contributed by atoms with E-state index in [9.17, 15) is 0 Å². The van der Waals surface area contributed by atoms with Gasteiger partial charge in [-0.25, -0.2) is 19.9 Å². The van der Waals surface area contributed by atoms with Gasteiger partial charge in [0.1, 0.15) is 20.1 Å². The van der Waals surface area contributed by atoms with Crippen LogP contribution in [0.3, 0.4) is 0 Å². The van der Waals surface area contributed by atoms with Gasteiger partial charge in [-0.1, -0.05) is 0 Å². The molecule has 0 radical (unpaired) electrons. The lowest BCUT2D eigenvalue weighted by Gasteiger charge is -2.02. The fourth-order valence-corrected chi connectivity index (χ4v) is 3.37. The molecular weight excluding hydrogens is 570 g/mol. The van der Waals surface area contributed by atoms with E-state index in [4.69, 9.17) is 0 Å². The van der Waals surface area contributed by atoms with Crippen molar-refractivity contribution in [3.8, 4) is 22.5 Å². The van der Waals surface area contributed by atoms with Gasteiger partial charge in [-0.05, 0) is 71.2 Å². The highest BCUT2D eigenvalue weighted by Crippen LogP contribution is 2.23. The molecule has 0 amide bonds. The lowest BCUT2D eigenvalue weighted by molar-refractivity contribution is 0.529.